The molecular weight excluding hydrogens is 405 g/mol. The molecule has 4 nitrogen and oxygen atoms in total. The molecule has 158 valence electrons. The second-order valence-electron chi connectivity index (χ2n) is 7.02. The molecule has 1 N–H and O–H groups in total. The molecule has 2 aromatic carbocycles. The Morgan fingerprint density at radius 2 is 1.50 bits per heavy atom. The van der Waals surface area contributed by atoms with Crippen molar-refractivity contribution in [2.45, 2.75) is 34.2 Å². The summed E-state index contributed by atoms with van der Waals surface area (Å²) in [5.41, 5.74) is 2.10. The molecule has 1 aromatic heterocycles. The number of carbonyl (C=O) groups is 1. The first-order valence-corrected chi connectivity index (χ1v) is 8.95. The fraction of sp³-hybridized carbons (Fsp3) is 0.238. The standard InChI is InChI=1S/C21H18F5N3O/c1-9-5-6-13(10(2)7-9)21(30)27-20-11(3)28-29(12(20)4)8-14-15(22)17(24)19(26)18(25)16(14)23/h5-7H,8H2,1-4H3,(H,27,30). The van der Waals surface area contributed by atoms with Crippen LogP contribution in [0.3, 0.4) is 0 Å². The number of aromatic nitrogens is 2. The Labute approximate surface area is 169 Å². The van der Waals surface area contributed by atoms with E-state index in [2.05, 4.69) is 10.4 Å². The highest BCUT2D eigenvalue weighted by molar-refractivity contribution is 6.05. The quantitative estimate of drug-likeness (QED) is 0.360. The Balaban J connectivity index is 1.95. The van der Waals surface area contributed by atoms with Gasteiger partial charge in [-0.05, 0) is 39.3 Å². The predicted molar refractivity (Wildman–Crippen MR) is 101 cm³/mol. The predicted octanol–water partition coefficient (Wildman–Crippen LogP) is 5.11. The number of nitrogens with zero attached hydrogens (tertiary/aromatic N) is 2. The smallest absolute Gasteiger partial charge is 0.256 e. The van der Waals surface area contributed by atoms with Crippen molar-refractivity contribution in [2.75, 3.05) is 5.32 Å². The van der Waals surface area contributed by atoms with Gasteiger partial charge in [0.15, 0.2) is 23.3 Å². The fourth-order valence-electron chi connectivity index (χ4n) is 3.22. The maximum Gasteiger partial charge on any atom is 0.256 e. The average Bonchev–Trinajstić information content (AvgIpc) is 2.95. The summed E-state index contributed by atoms with van der Waals surface area (Å²) >= 11 is 0. The number of rotatable bonds is 4. The number of halogens is 5. The number of hydrogen-bond donors (Lipinski definition) is 1. The summed E-state index contributed by atoms with van der Waals surface area (Å²) in [5, 5.41) is 6.79. The monoisotopic (exact) mass is 423 g/mol. The zero-order chi connectivity index (χ0) is 22.3. The molecule has 9 heteroatoms. The summed E-state index contributed by atoms with van der Waals surface area (Å²) in [6.07, 6.45) is 0. The molecule has 0 aliphatic carbocycles. The van der Waals surface area contributed by atoms with E-state index in [9.17, 15) is 26.7 Å². The van der Waals surface area contributed by atoms with E-state index in [1.807, 2.05) is 13.0 Å². The van der Waals surface area contributed by atoms with Crippen molar-refractivity contribution in [3.05, 3.63) is 80.9 Å². The molecule has 1 amide bonds. The van der Waals surface area contributed by atoms with Gasteiger partial charge in [-0.15, -0.1) is 0 Å². The third-order valence-electron chi connectivity index (χ3n) is 4.86. The molecule has 0 aliphatic rings. The van der Waals surface area contributed by atoms with Gasteiger partial charge in [-0.25, -0.2) is 22.0 Å². The Morgan fingerprint density at radius 3 is 2.07 bits per heavy atom. The molecule has 0 unspecified atom stereocenters. The zero-order valence-corrected chi connectivity index (χ0v) is 16.6. The lowest BCUT2D eigenvalue weighted by Gasteiger charge is -2.11. The molecule has 1 heterocycles. The highest BCUT2D eigenvalue weighted by Crippen LogP contribution is 2.26. The summed E-state index contributed by atoms with van der Waals surface area (Å²) < 4.78 is 69.3. The minimum atomic E-state index is -2.22. The molecular formula is C21H18F5N3O. The van der Waals surface area contributed by atoms with Crippen LogP contribution in [0, 0.1) is 56.8 Å². The van der Waals surface area contributed by atoms with Crippen LogP contribution in [-0.4, -0.2) is 15.7 Å². The Hall–Kier alpha value is -3.23. The van der Waals surface area contributed by atoms with Crippen LogP contribution in [0.5, 0.6) is 0 Å². The van der Waals surface area contributed by atoms with Crippen LogP contribution in [0.2, 0.25) is 0 Å². The van der Waals surface area contributed by atoms with Gasteiger partial charge in [-0.3, -0.25) is 9.48 Å². The minimum absolute atomic E-state index is 0.295. The summed E-state index contributed by atoms with van der Waals surface area (Å²) in [6, 6.07) is 5.30. The zero-order valence-electron chi connectivity index (χ0n) is 16.6. The number of aryl methyl sites for hydroxylation is 3. The van der Waals surface area contributed by atoms with Crippen molar-refractivity contribution >= 4 is 11.6 Å². The van der Waals surface area contributed by atoms with Crippen molar-refractivity contribution < 1.29 is 26.7 Å². The molecule has 30 heavy (non-hydrogen) atoms. The molecule has 0 spiro atoms. The van der Waals surface area contributed by atoms with Crippen LogP contribution in [0.15, 0.2) is 18.2 Å². The highest BCUT2D eigenvalue weighted by Gasteiger charge is 2.27. The third kappa shape index (κ3) is 3.67. The van der Waals surface area contributed by atoms with Gasteiger partial charge in [0, 0.05) is 5.56 Å². The summed E-state index contributed by atoms with van der Waals surface area (Å²) in [4.78, 5) is 12.6. The maximum atomic E-state index is 14.0. The molecule has 0 saturated heterocycles. The number of carbonyl (C=O) groups excluding carboxylic acids is 1. The van der Waals surface area contributed by atoms with E-state index in [1.165, 1.54) is 6.92 Å². The van der Waals surface area contributed by atoms with E-state index >= 15 is 0 Å². The number of nitrogens with one attached hydrogen (secondary N) is 1. The topological polar surface area (TPSA) is 46.9 Å². The van der Waals surface area contributed by atoms with Gasteiger partial charge < -0.3 is 5.32 Å². The molecule has 0 saturated carbocycles. The Bertz CT molecular complexity index is 1140. The molecule has 0 aliphatic heterocycles. The molecule has 0 atom stereocenters. The van der Waals surface area contributed by atoms with Crippen LogP contribution < -0.4 is 5.32 Å². The fourth-order valence-corrected chi connectivity index (χ4v) is 3.22. The number of hydrogen-bond acceptors (Lipinski definition) is 2. The largest absolute Gasteiger partial charge is 0.319 e. The first-order chi connectivity index (χ1) is 14.0. The minimum Gasteiger partial charge on any atom is -0.319 e. The Kier molecular flexibility index (Phi) is 5.65. The number of anilines is 1. The normalized spacial score (nSPS) is 11.1. The van der Waals surface area contributed by atoms with Gasteiger partial charge in [-0.2, -0.15) is 5.10 Å². The van der Waals surface area contributed by atoms with Gasteiger partial charge in [0.05, 0.1) is 29.2 Å². The first-order valence-electron chi connectivity index (χ1n) is 8.95. The van der Waals surface area contributed by atoms with Crippen molar-refractivity contribution in [1.82, 2.24) is 9.78 Å². The van der Waals surface area contributed by atoms with Gasteiger partial charge in [0.25, 0.3) is 5.91 Å². The lowest BCUT2D eigenvalue weighted by atomic mass is 10.1. The SMILES string of the molecule is Cc1ccc(C(=O)Nc2c(C)nn(Cc3c(F)c(F)c(F)c(F)c3F)c2C)c(C)c1. The number of benzene rings is 2. The van der Waals surface area contributed by atoms with Crippen LogP contribution in [-0.2, 0) is 6.54 Å². The number of amides is 1. The van der Waals surface area contributed by atoms with Crippen LogP contribution in [0.4, 0.5) is 27.6 Å². The molecule has 0 radical (unpaired) electrons. The van der Waals surface area contributed by atoms with Crippen molar-refractivity contribution in [3.63, 3.8) is 0 Å². The van der Waals surface area contributed by atoms with Crippen molar-refractivity contribution in [3.8, 4) is 0 Å². The molecule has 0 fully saturated rings. The van der Waals surface area contributed by atoms with E-state index in [4.69, 9.17) is 0 Å². The summed E-state index contributed by atoms with van der Waals surface area (Å²) in [6.45, 7) is 6.06. The second kappa shape index (κ2) is 7.89. The van der Waals surface area contributed by atoms with E-state index in [1.54, 1.807) is 26.0 Å². The highest BCUT2D eigenvalue weighted by atomic mass is 19.2. The van der Waals surface area contributed by atoms with E-state index in [-0.39, 0.29) is 0 Å². The summed E-state index contributed by atoms with van der Waals surface area (Å²) in [7, 11) is 0. The van der Waals surface area contributed by atoms with Gasteiger partial charge in [-0.1, -0.05) is 17.7 Å². The van der Waals surface area contributed by atoms with Crippen LogP contribution in [0.1, 0.15) is 38.4 Å². The average molecular weight is 423 g/mol. The lowest BCUT2D eigenvalue weighted by Crippen LogP contribution is -2.15. The van der Waals surface area contributed by atoms with E-state index in [0.29, 0.717) is 22.6 Å². The van der Waals surface area contributed by atoms with Crippen LogP contribution in [0.25, 0.3) is 0 Å². The molecule has 3 rings (SSSR count). The molecule has 3 aromatic rings. The van der Waals surface area contributed by atoms with Gasteiger partial charge in [0.1, 0.15) is 0 Å². The summed E-state index contributed by atoms with van der Waals surface area (Å²) in [5.74, 6) is -10.5. The second-order valence-corrected chi connectivity index (χ2v) is 7.02. The van der Waals surface area contributed by atoms with Crippen molar-refractivity contribution in [1.29, 1.82) is 0 Å². The van der Waals surface area contributed by atoms with Gasteiger partial charge >= 0.3 is 0 Å². The third-order valence-corrected chi connectivity index (χ3v) is 4.86. The first kappa shape index (κ1) is 21.5. The van der Waals surface area contributed by atoms with Crippen LogP contribution >= 0.6 is 0 Å². The van der Waals surface area contributed by atoms with Gasteiger partial charge in [0.2, 0.25) is 5.82 Å². The molecule has 0 bridgehead atoms. The Morgan fingerprint density at radius 1 is 0.933 bits per heavy atom. The maximum absolute atomic E-state index is 14.0. The van der Waals surface area contributed by atoms with Crippen molar-refractivity contribution in [2.24, 2.45) is 0 Å². The lowest BCUT2D eigenvalue weighted by molar-refractivity contribution is 0.102. The van der Waals surface area contributed by atoms with E-state index < -0.39 is 47.1 Å². The van der Waals surface area contributed by atoms with E-state index in [0.717, 1.165) is 15.8 Å².